The van der Waals surface area contributed by atoms with Crippen molar-refractivity contribution in [3.05, 3.63) is 0 Å². The molecular formula is C16H36O8. The molecule has 5 N–H and O–H groups in total. The van der Waals surface area contributed by atoms with Gasteiger partial charge in [-0.25, -0.2) is 9.59 Å². The van der Waals surface area contributed by atoms with Gasteiger partial charge in [-0.15, -0.1) is 0 Å². The average Bonchev–Trinajstić information content (AvgIpc) is 2.52. The Labute approximate surface area is 145 Å². The smallest absolute Gasteiger partial charge is 0.332 e. The Morgan fingerprint density at radius 1 is 0.917 bits per heavy atom. The van der Waals surface area contributed by atoms with Crippen molar-refractivity contribution in [2.24, 2.45) is 0 Å². The number of aliphatic carboxylic acids is 2. The number of aliphatic hydroxyl groups is 3. The highest BCUT2D eigenvalue weighted by atomic mass is 16.5. The molecule has 0 aliphatic heterocycles. The molecule has 0 aromatic carbocycles. The van der Waals surface area contributed by atoms with Crippen LogP contribution in [0.1, 0.15) is 59.3 Å². The first kappa shape index (κ1) is 30.6. The number of unbranched alkanes of at least 4 members (excludes halogenated alkanes) is 3. The zero-order valence-electron chi connectivity index (χ0n) is 15.6. The number of aliphatic hydroxyl groups excluding tert-OH is 3. The topological polar surface area (TPSA) is 145 Å². The van der Waals surface area contributed by atoms with E-state index in [2.05, 4.69) is 11.7 Å². The molecule has 148 valence electrons. The fourth-order valence-electron chi connectivity index (χ4n) is 0.888. The van der Waals surface area contributed by atoms with E-state index in [1.54, 1.807) is 14.2 Å². The van der Waals surface area contributed by atoms with Gasteiger partial charge in [-0.05, 0) is 19.8 Å². The second-order valence-corrected chi connectivity index (χ2v) is 4.85. The Bertz CT molecular complexity index is 254. The summed E-state index contributed by atoms with van der Waals surface area (Å²) in [6, 6.07) is 0. The van der Waals surface area contributed by atoms with E-state index in [0.29, 0.717) is 13.0 Å². The Hall–Kier alpha value is -1.22. The molecule has 0 saturated carbocycles. The number of hydrogen-bond donors (Lipinski definition) is 5. The number of hydrogen-bond acceptors (Lipinski definition) is 6. The van der Waals surface area contributed by atoms with Crippen molar-refractivity contribution in [3.8, 4) is 0 Å². The highest BCUT2D eigenvalue weighted by molar-refractivity contribution is 5.71. The minimum absolute atomic E-state index is 0.319. The summed E-state index contributed by atoms with van der Waals surface area (Å²) in [4.78, 5) is 19.6. The van der Waals surface area contributed by atoms with Crippen molar-refractivity contribution in [2.75, 3.05) is 20.8 Å². The summed E-state index contributed by atoms with van der Waals surface area (Å²) in [5.41, 5.74) is 0. The average molecular weight is 356 g/mol. The molecule has 0 radical (unpaired) electrons. The number of rotatable bonds is 8. The van der Waals surface area contributed by atoms with Gasteiger partial charge in [0.05, 0.1) is 0 Å². The van der Waals surface area contributed by atoms with Gasteiger partial charge < -0.3 is 30.3 Å². The summed E-state index contributed by atoms with van der Waals surface area (Å²) in [7, 11) is 3.25. The van der Waals surface area contributed by atoms with Crippen LogP contribution in [-0.2, 0) is 14.3 Å². The first-order chi connectivity index (χ1) is 11.2. The molecule has 0 spiro atoms. The van der Waals surface area contributed by atoms with Gasteiger partial charge >= 0.3 is 11.9 Å². The normalized spacial score (nSPS) is 11.3. The summed E-state index contributed by atoms with van der Waals surface area (Å²) in [6.07, 6.45) is 2.93. The Morgan fingerprint density at radius 2 is 1.29 bits per heavy atom. The van der Waals surface area contributed by atoms with E-state index in [-0.39, 0.29) is 0 Å². The van der Waals surface area contributed by atoms with Crippen LogP contribution in [-0.4, -0.2) is 70.5 Å². The van der Waals surface area contributed by atoms with E-state index in [9.17, 15) is 9.59 Å². The SMILES string of the molecule is CC(O)C(=O)O.CCCCCCC(O)C(=O)O.CCCO.COC. The molecule has 0 amide bonds. The highest BCUT2D eigenvalue weighted by Gasteiger charge is 2.11. The highest BCUT2D eigenvalue weighted by Crippen LogP contribution is 2.05. The molecule has 0 aliphatic carbocycles. The largest absolute Gasteiger partial charge is 0.479 e. The van der Waals surface area contributed by atoms with Crippen LogP contribution in [0, 0.1) is 0 Å². The van der Waals surface area contributed by atoms with Gasteiger partial charge in [0.15, 0.2) is 6.10 Å². The monoisotopic (exact) mass is 356 g/mol. The molecule has 2 atom stereocenters. The molecule has 0 bridgehead atoms. The van der Waals surface area contributed by atoms with Crippen molar-refractivity contribution < 1.29 is 39.9 Å². The standard InChI is InChI=1S/C8H16O3.C3H6O3.C3H8O.C2H6O/c1-2-3-4-5-6-7(9)8(10)11;1-2(4)3(5)6;1-2-3-4;1-3-2/h7,9H,2-6H2,1H3,(H,10,11);2,4H,1H3,(H,5,6);4H,2-3H2,1H3;1-2H3. The van der Waals surface area contributed by atoms with E-state index in [1.165, 1.54) is 6.92 Å². The molecule has 2 unspecified atom stereocenters. The third-order valence-corrected chi connectivity index (χ3v) is 2.20. The summed E-state index contributed by atoms with van der Waals surface area (Å²) in [5.74, 6) is -2.29. The molecule has 24 heavy (non-hydrogen) atoms. The summed E-state index contributed by atoms with van der Waals surface area (Å²) >= 11 is 0. The second kappa shape index (κ2) is 26.7. The Balaban J connectivity index is -0.000000129. The molecule has 0 saturated heterocycles. The van der Waals surface area contributed by atoms with E-state index in [4.69, 9.17) is 25.5 Å². The van der Waals surface area contributed by atoms with Crippen molar-refractivity contribution in [3.63, 3.8) is 0 Å². The minimum Gasteiger partial charge on any atom is -0.479 e. The van der Waals surface area contributed by atoms with Crippen LogP contribution in [0.15, 0.2) is 0 Å². The molecule has 0 aromatic rings. The molecule has 0 aliphatic rings. The number of carboxylic acid groups (broad SMARTS) is 2. The lowest BCUT2D eigenvalue weighted by Crippen LogP contribution is -2.18. The van der Waals surface area contributed by atoms with Gasteiger partial charge in [0.2, 0.25) is 0 Å². The summed E-state index contributed by atoms with van der Waals surface area (Å²) in [6.45, 7) is 5.54. The minimum atomic E-state index is -1.23. The summed E-state index contributed by atoms with van der Waals surface area (Å²) in [5, 5.41) is 40.8. The first-order valence-corrected chi connectivity index (χ1v) is 7.98. The molecule has 0 aromatic heterocycles. The van der Waals surface area contributed by atoms with Crippen molar-refractivity contribution >= 4 is 11.9 Å². The number of carbonyl (C=O) groups is 2. The number of carboxylic acids is 2. The van der Waals surface area contributed by atoms with Crippen LogP contribution in [0.25, 0.3) is 0 Å². The molecule has 0 heterocycles. The number of ether oxygens (including phenoxy) is 1. The zero-order chi connectivity index (χ0) is 20.0. The van der Waals surface area contributed by atoms with Crippen molar-refractivity contribution in [2.45, 2.75) is 71.5 Å². The summed E-state index contributed by atoms with van der Waals surface area (Å²) < 4.78 is 4.25. The third kappa shape index (κ3) is 42.8. The third-order valence-electron chi connectivity index (χ3n) is 2.20. The predicted molar refractivity (Wildman–Crippen MR) is 92.0 cm³/mol. The van der Waals surface area contributed by atoms with Crippen LogP contribution in [0.4, 0.5) is 0 Å². The zero-order valence-corrected chi connectivity index (χ0v) is 15.6. The van der Waals surface area contributed by atoms with E-state index >= 15 is 0 Å². The Kier molecular flexibility index (Phi) is 34.0. The van der Waals surface area contributed by atoms with Gasteiger partial charge in [-0.1, -0.05) is 39.5 Å². The van der Waals surface area contributed by atoms with E-state index in [0.717, 1.165) is 32.1 Å². The maximum atomic E-state index is 10.1. The maximum Gasteiger partial charge on any atom is 0.332 e. The van der Waals surface area contributed by atoms with Crippen LogP contribution >= 0.6 is 0 Å². The van der Waals surface area contributed by atoms with Crippen molar-refractivity contribution in [1.82, 2.24) is 0 Å². The van der Waals surface area contributed by atoms with Gasteiger partial charge in [0.1, 0.15) is 6.10 Å². The number of methoxy groups -OCH3 is 1. The molecule has 8 nitrogen and oxygen atoms in total. The van der Waals surface area contributed by atoms with Crippen LogP contribution in [0.5, 0.6) is 0 Å². The lowest BCUT2D eigenvalue weighted by molar-refractivity contribution is -0.147. The van der Waals surface area contributed by atoms with Gasteiger partial charge in [0, 0.05) is 20.8 Å². The van der Waals surface area contributed by atoms with E-state index < -0.39 is 24.1 Å². The van der Waals surface area contributed by atoms with Gasteiger partial charge in [-0.2, -0.15) is 0 Å². The quantitative estimate of drug-likeness (QED) is 0.411. The van der Waals surface area contributed by atoms with Crippen LogP contribution in [0.3, 0.4) is 0 Å². The fourth-order valence-corrected chi connectivity index (χ4v) is 0.888. The molecule has 0 rings (SSSR count). The van der Waals surface area contributed by atoms with Gasteiger partial charge in [-0.3, -0.25) is 0 Å². The maximum absolute atomic E-state index is 10.1. The fraction of sp³-hybridized carbons (Fsp3) is 0.875. The molecule has 0 fully saturated rings. The van der Waals surface area contributed by atoms with Crippen molar-refractivity contribution in [1.29, 1.82) is 0 Å². The van der Waals surface area contributed by atoms with E-state index in [1.807, 2.05) is 6.92 Å². The second-order valence-electron chi connectivity index (χ2n) is 4.85. The predicted octanol–water partition coefficient (Wildman–Crippen LogP) is 1.51. The Morgan fingerprint density at radius 3 is 1.50 bits per heavy atom. The molecular weight excluding hydrogens is 320 g/mol. The van der Waals surface area contributed by atoms with Crippen LogP contribution in [0.2, 0.25) is 0 Å². The van der Waals surface area contributed by atoms with Crippen LogP contribution < -0.4 is 0 Å². The lowest BCUT2D eigenvalue weighted by atomic mass is 10.1. The first-order valence-electron chi connectivity index (χ1n) is 7.98. The molecule has 8 heteroatoms. The van der Waals surface area contributed by atoms with Gasteiger partial charge in [0.25, 0.3) is 0 Å². The lowest BCUT2D eigenvalue weighted by Gasteiger charge is -2.03.